The second-order valence-electron chi connectivity index (χ2n) is 5.24. The molecule has 1 amide bonds. The third kappa shape index (κ3) is 3.67. The molecule has 6 nitrogen and oxygen atoms in total. The standard InChI is InChI=1S/C13H19N3O3/c1-7(2)9-5-8(11(17)18)6-10(15-9)16-13(3,4)12(14)19/h5-7H,1-4H3,(H2,14,19)(H,15,16)(H,17,18). The van der Waals surface area contributed by atoms with Gasteiger partial charge in [0, 0.05) is 5.69 Å². The molecule has 4 N–H and O–H groups in total. The summed E-state index contributed by atoms with van der Waals surface area (Å²) in [4.78, 5) is 26.7. The third-order valence-corrected chi connectivity index (χ3v) is 2.74. The first-order valence-electron chi connectivity index (χ1n) is 5.97. The number of pyridine rings is 1. The minimum absolute atomic E-state index is 0.0801. The van der Waals surface area contributed by atoms with Gasteiger partial charge < -0.3 is 16.2 Å². The lowest BCUT2D eigenvalue weighted by molar-refractivity contribution is -0.121. The van der Waals surface area contributed by atoms with Crippen LogP contribution >= 0.6 is 0 Å². The highest BCUT2D eigenvalue weighted by Gasteiger charge is 2.25. The normalized spacial score (nSPS) is 11.4. The Bertz CT molecular complexity index is 510. The number of primary amides is 1. The predicted octanol–water partition coefficient (Wildman–Crippen LogP) is 1.58. The summed E-state index contributed by atoms with van der Waals surface area (Å²) in [7, 11) is 0. The van der Waals surface area contributed by atoms with Crippen molar-refractivity contribution in [3.8, 4) is 0 Å². The summed E-state index contributed by atoms with van der Waals surface area (Å²) in [6, 6.07) is 2.91. The van der Waals surface area contributed by atoms with Crippen LogP contribution in [0.15, 0.2) is 12.1 Å². The fraction of sp³-hybridized carbons (Fsp3) is 0.462. The molecule has 0 aliphatic heterocycles. The average Bonchev–Trinajstić information content (AvgIpc) is 2.27. The molecule has 0 aliphatic carbocycles. The second-order valence-corrected chi connectivity index (χ2v) is 5.24. The van der Waals surface area contributed by atoms with Gasteiger partial charge in [0.15, 0.2) is 0 Å². The molecule has 6 heteroatoms. The van der Waals surface area contributed by atoms with Crippen LogP contribution in [0.25, 0.3) is 0 Å². The fourth-order valence-electron chi connectivity index (χ4n) is 1.42. The van der Waals surface area contributed by atoms with E-state index < -0.39 is 17.4 Å². The monoisotopic (exact) mass is 265 g/mol. The van der Waals surface area contributed by atoms with Gasteiger partial charge in [-0.3, -0.25) is 4.79 Å². The highest BCUT2D eigenvalue weighted by atomic mass is 16.4. The number of carbonyl (C=O) groups is 2. The van der Waals surface area contributed by atoms with E-state index in [-0.39, 0.29) is 11.5 Å². The highest BCUT2D eigenvalue weighted by Crippen LogP contribution is 2.20. The van der Waals surface area contributed by atoms with Crippen molar-refractivity contribution in [2.75, 3.05) is 5.32 Å². The third-order valence-electron chi connectivity index (χ3n) is 2.74. The number of carboxylic acids is 1. The van der Waals surface area contributed by atoms with Gasteiger partial charge in [0.2, 0.25) is 5.91 Å². The molecular weight excluding hydrogens is 246 g/mol. The van der Waals surface area contributed by atoms with E-state index in [0.29, 0.717) is 11.5 Å². The van der Waals surface area contributed by atoms with E-state index in [0.717, 1.165) is 0 Å². The first-order valence-corrected chi connectivity index (χ1v) is 5.97. The van der Waals surface area contributed by atoms with Crippen LogP contribution in [0, 0.1) is 0 Å². The molecule has 0 unspecified atom stereocenters. The van der Waals surface area contributed by atoms with Crippen LogP contribution in [0.1, 0.15) is 49.7 Å². The van der Waals surface area contributed by atoms with Crippen molar-refractivity contribution in [3.05, 3.63) is 23.4 Å². The smallest absolute Gasteiger partial charge is 0.335 e. The van der Waals surface area contributed by atoms with E-state index >= 15 is 0 Å². The number of anilines is 1. The topological polar surface area (TPSA) is 105 Å². The molecule has 0 aliphatic rings. The van der Waals surface area contributed by atoms with Crippen molar-refractivity contribution in [1.82, 2.24) is 4.98 Å². The molecule has 0 aromatic carbocycles. The summed E-state index contributed by atoms with van der Waals surface area (Å²) >= 11 is 0. The van der Waals surface area contributed by atoms with Gasteiger partial charge >= 0.3 is 5.97 Å². The van der Waals surface area contributed by atoms with Gasteiger partial charge in [-0.25, -0.2) is 9.78 Å². The summed E-state index contributed by atoms with van der Waals surface area (Å²) in [5, 5.41) is 11.9. The van der Waals surface area contributed by atoms with Gasteiger partial charge in [0.1, 0.15) is 11.4 Å². The summed E-state index contributed by atoms with van der Waals surface area (Å²) < 4.78 is 0. The van der Waals surface area contributed by atoms with Crippen molar-refractivity contribution in [2.24, 2.45) is 5.73 Å². The lowest BCUT2D eigenvalue weighted by Crippen LogP contribution is -2.45. The molecule has 104 valence electrons. The Labute approximate surface area is 112 Å². The van der Waals surface area contributed by atoms with Crippen molar-refractivity contribution in [1.29, 1.82) is 0 Å². The molecule has 0 saturated heterocycles. The lowest BCUT2D eigenvalue weighted by atomic mass is 10.0. The number of nitrogens with one attached hydrogen (secondary N) is 1. The van der Waals surface area contributed by atoms with Crippen LogP contribution in [-0.4, -0.2) is 27.5 Å². The summed E-state index contributed by atoms with van der Waals surface area (Å²) in [5.74, 6) is -1.17. The zero-order valence-corrected chi connectivity index (χ0v) is 11.5. The maximum atomic E-state index is 11.3. The molecule has 0 bridgehead atoms. The van der Waals surface area contributed by atoms with Gasteiger partial charge in [0.25, 0.3) is 0 Å². The number of hydrogen-bond donors (Lipinski definition) is 3. The van der Waals surface area contributed by atoms with Crippen LogP contribution < -0.4 is 11.1 Å². The van der Waals surface area contributed by atoms with Crippen molar-refractivity contribution >= 4 is 17.7 Å². The number of nitrogens with two attached hydrogens (primary N) is 1. The molecule has 1 aromatic heterocycles. The first-order chi connectivity index (χ1) is 8.63. The number of carbonyl (C=O) groups excluding carboxylic acids is 1. The Kier molecular flexibility index (Phi) is 4.14. The molecule has 0 saturated carbocycles. The number of amides is 1. The predicted molar refractivity (Wildman–Crippen MR) is 72.2 cm³/mol. The molecular formula is C13H19N3O3. The van der Waals surface area contributed by atoms with E-state index in [4.69, 9.17) is 10.8 Å². The number of aromatic nitrogens is 1. The van der Waals surface area contributed by atoms with E-state index in [1.807, 2.05) is 13.8 Å². The number of hydrogen-bond acceptors (Lipinski definition) is 4. The summed E-state index contributed by atoms with van der Waals surface area (Å²) in [6.07, 6.45) is 0. The SMILES string of the molecule is CC(C)c1cc(C(=O)O)cc(NC(C)(C)C(N)=O)n1. The Hall–Kier alpha value is -2.11. The van der Waals surface area contributed by atoms with E-state index in [1.165, 1.54) is 12.1 Å². The molecule has 0 fully saturated rings. The van der Waals surface area contributed by atoms with Crippen molar-refractivity contribution < 1.29 is 14.7 Å². The Morgan fingerprint density at radius 3 is 2.37 bits per heavy atom. The quantitative estimate of drug-likeness (QED) is 0.749. The molecule has 1 aromatic rings. The maximum absolute atomic E-state index is 11.3. The molecule has 0 spiro atoms. The van der Waals surface area contributed by atoms with Crippen LogP contribution in [0.4, 0.5) is 5.82 Å². The molecule has 0 radical (unpaired) electrons. The zero-order chi connectivity index (χ0) is 14.8. The van der Waals surface area contributed by atoms with Crippen LogP contribution in [-0.2, 0) is 4.79 Å². The second kappa shape index (κ2) is 5.26. The summed E-state index contributed by atoms with van der Waals surface area (Å²) in [5.41, 5.74) is 5.03. The molecule has 0 atom stereocenters. The summed E-state index contributed by atoms with van der Waals surface area (Å²) in [6.45, 7) is 7.05. The average molecular weight is 265 g/mol. The van der Waals surface area contributed by atoms with Crippen molar-refractivity contribution in [3.63, 3.8) is 0 Å². The Balaban J connectivity index is 3.20. The van der Waals surface area contributed by atoms with E-state index in [2.05, 4.69) is 10.3 Å². The molecule has 19 heavy (non-hydrogen) atoms. The van der Waals surface area contributed by atoms with Gasteiger partial charge in [-0.1, -0.05) is 13.8 Å². The van der Waals surface area contributed by atoms with Gasteiger partial charge in [-0.2, -0.15) is 0 Å². The minimum atomic E-state index is -1.04. The maximum Gasteiger partial charge on any atom is 0.335 e. The van der Waals surface area contributed by atoms with Crippen LogP contribution in [0.2, 0.25) is 0 Å². The Morgan fingerprint density at radius 1 is 1.37 bits per heavy atom. The lowest BCUT2D eigenvalue weighted by Gasteiger charge is -2.23. The highest BCUT2D eigenvalue weighted by molar-refractivity contribution is 5.90. The largest absolute Gasteiger partial charge is 0.478 e. The minimum Gasteiger partial charge on any atom is -0.478 e. The number of rotatable bonds is 5. The first kappa shape index (κ1) is 14.9. The van der Waals surface area contributed by atoms with Crippen LogP contribution in [0.5, 0.6) is 0 Å². The van der Waals surface area contributed by atoms with E-state index in [1.54, 1.807) is 13.8 Å². The fourth-order valence-corrected chi connectivity index (χ4v) is 1.42. The van der Waals surface area contributed by atoms with Gasteiger partial charge in [-0.15, -0.1) is 0 Å². The van der Waals surface area contributed by atoms with Gasteiger partial charge in [0.05, 0.1) is 5.56 Å². The van der Waals surface area contributed by atoms with Crippen LogP contribution in [0.3, 0.4) is 0 Å². The number of aromatic carboxylic acids is 1. The zero-order valence-electron chi connectivity index (χ0n) is 11.5. The van der Waals surface area contributed by atoms with Crippen molar-refractivity contribution in [2.45, 2.75) is 39.2 Å². The molecule has 1 rings (SSSR count). The number of carboxylic acid groups (broad SMARTS) is 1. The van der Waals surface area contributed by atoms with E-state index in [9.17, 15) is 9.59 Å². The molecule has 1 heterocycles. The van der Waals surface area contributed by atoms with Gasteiger partial charge in [-0.05, 0) is 31.9 Å². The number of nitrogens with zero attached hydrogens (tertiary/aromatic N) is 1. The Morgan fingerprint density at radius 2 is 1.95 bits per heavy atom.